The van der Waals surface area contributed by atoms with E-state index in [1.54, 1.807) is 36.5 Å². The highest BCUT2D eigenvalue weighted by molar-refractivity contribution is 9.10. The molecule has 1 heterocycles. The van der Waals surface area contributed by atoms with Crippen molar-refractivity contribution in [1.29, 1.82) is 5.26 Å². The summed E-state index contributed by atoms with van der Waals surface area (Å²) in [5.41, 5.74) is 0.995. The SMILES string of the molecule is COc1ccc(Br)c(C(=O)C(C#N)c2cccnc2)c1. The van der Waals surface area contributed by atoms with Gasteiger partial charge in [0.05, 0.1) is 13.2 Å². The van der Waals surface area contributed by atoms with Crippen molar-refractivity contribution in [3.8, 4) is 11.8 Å². The summed E-state index contributed by atoms with van der Waals surface area (Å²) in [5, 5.41) is 9.28. The lowest BCUT2D eigenvalue weighted by Gasteiger charge is -2.11. The summed E-state index contributed by atoms with van der Waals surface area (Å²) in [6.07, 6.45) is 3.13. The van der Waals surface area contributed by atoms with E-state index in [4.69, 9.17) is 4.74 Å². The van der Waals surface area contributed by atoms with Crippen molar-refractivity contribution in [1.82, 2.24) is 4.98 Å². The minimum atomic E-state index is -0.882. The number of methoxy groups -OCH3 is 1. The number of benzene rings is 1. The van der Waals surface area contributed by atoms with Crippen LogP contribution < -0.4 is 4.74 Å². The van der Waals surface area contributed by atoms with Crippen LogP contribution in [-0.4, -0.2) is 17.9 Å². The number of halogens is 1. The Morgan fingerprint density at radius 2 is 2.25 bits per heavy atom. The lowest BCUT2D eigenvalue weighted by molar-refractivity contribution is 0.0977. The topological polar surface area (TPSA) is 63.0 Å². The number of nitriles is 1. The average Bonchev–Trinajstić information content (AvgIpc) is 2.49. The van der Waals surface area contributed by atoms with Crippen LogP contribution in [0, 0.1) is 11.3 Å². The molecule has 0 fully saturated rings. The highest BCUT2D eigenvalue weighted by Gasteiger charge is 2.24. The molecule has 4 nitrogen and oxygen atoms in total. The van der Waals surface area contributed by atoms with Crippen molar-refractivity contribution in [2.24, 2.45) is 0 Å². The van der Waals surface area contributed by atoms with E-state index in [9.17, 15) is 10.1 Å². The van der Waals surface area contributed by atoms with Gasteiger partial charge < -0.3 is 4.74 Å². The van der Waals surface area contributed by atoms with Crippen molar-refractivity contribution in [3.05, 3.63) is 58.3 Å². The maximum atomic E-state index is 12.5. The summed E-state index contributed by atoms with van der Waals surface area (Å²) in [5.74, 6) is -0.599. The van der Waals surface area contributed by atoms with Crippen LogP contribution in [-0.2, 0) is 0 Å². The molecule has 2 rings (SSSR count). The van der Waals surface area contributed by atoms with Crippen LogP contribution in [0.5, 0.6) is 5.75 Å². The molecule has 5 heteroatoms. The van der Waals surface area contributed by atoms with Crippen molar-refractivity contribution < 1.29 is 9.53 Å². The van der Waals surface area contributed by atoms with Crippen molar-refractivity contribution >= 4 is 21.7 Å². The van der Waals surface area contributed by atoms with Crippen molar-refractivity contribution in [2.75, 3.05) is 7.11 Å². The molecule has 0 aliphatic heterocycles. The zero-order chi connectivity index (χ0) is 14.5. The number of ketones is 1. The van der Waals surface area contributed by atoms with Gasteiger partial charge in [0.25, 0.3) is 0 Å². The van der Waals surface area contributed by atoms with Gasteiger partial charge in [0.2, 0.25) is 0 Å². The first-order valence-corrected chi connectivity index (χ1v) is 6.64. The number of Topliss-reactive ketones (excluding diaryl/α,β-unsaturated/α-hetero) is 1. The molecule has 0 amide bonds. The molecular weight excluding hydrogens is 320 g/mol. The molecule has 1 atom stereocenters. The minimum Gasteiger partial charge on any atom is -0.497 e. The van der Waals surface area contributed by atoms with Gasteiger partial charge in [0.15, 0.2) is 5.78 Å². The monoisotopic (exact) mass is 330 g/mol. The van der Waals surface area contributed by atoms with Crippen LogP contribution in [0.4, 0.5) is 0 Å². The smallest absolute Gasteiger partial charge is 0.185 e. The molecular formula is C15H11BrN2O2. The van der Waals surface area contributed by atoms with E-state index in [0.29, 0.717) is 21.3 Å². The standard InChI is InChI=1S/C15H11BrN2O2/c1-20-11-4-5-14(16)12(7-11)15(19)13(8-17)10-3-2-6-18-9-10/h2-7,9,13H,1H3. The van der Waals surface area contributed by atoms with E-state index in [-0.39, 0.29) is 5.78 Å². The molecule has 1 aromatic heterocycles. The third kappa shape index (κ3) is 2.86. The Hall–Kier alpha value is -2.19. The normalized spacial score (nSPS) is 11.4. The first kappa shape index (κ1) is 14.2. The fourth-order valence-corrected chi connectivity index (χ4v) is 2.25. The number of hydrogen-bond acceptors (Lipinski definition) is 4. The van der Waals surface area contributed by atoms with Gasteiger partial charge >= 0.3 is 0 Å². The van der Waals surface area contributed by atoms with Crippen LogP contribution in [0.25, 0.3) is 0 Å². The van der Waals surface area contributed by atoms with Crippen molar-refractivity contribution in [2.45, 2.75) is 5.92 Å². The summed E-state index contributed by atoms with van der Waals surface area (Å²) < 4.78 is 5.74. The third-order valence-corrected chi connectivity index (χ3v) is 3.54. The highest BCUT2D eigenvalue weighted by Crippen LogP contribution is 2.28. The van der Waals surface area contributed by atoms with E-state index in [2.05, 4.69) is 20.9 Å². The maximum Gasteiger partial charge on any atom is 0.185 e. The number of carbonyl (C=O) groups is 1. The molecule has 0 bridgehead atoms. The Bertz CT molecular complexity index is 665. The molecule has 1 aromatic carbocycles. The summed E-state index contributed by atoms with van der Waals surface area (Å²) in [7, 11) is 1.53. The lowest BCUT2D eigenvalue weighted by Crippen LogP contribution is -2.12. The number of nitrogens with zero attached hydrogens (tertiary/aromatic N) is 2. The Labute approximate surface area is 125 Å². The number of pyridine rings is 1. The highest BCUT2D eigenvalue weighted by atomic mass is 79.9. The molecule has 0 aliphatic carbocycles. The van der Waals surface area contributed by atoms with Gasteiger partial charge in [-0.25, -0.2) is 0 Å². The quantitative estimate of drug-likeness (QED) is 0.806. The Balaban J connectivity index is 2.42. The van der Waals surface area contributed by atoms with E-state index in [1.807, 2.05) is 6.07 Å². The molecule has 0 radical (unpaired) electrons. The number of rotatable bonds is 4. The number of ether oxygens (including phenoxy) is 1. The second-order valence-corrected chi connectivity index (χ2v) is 4.91. The molecule has 2 aromatic rings. The van der Waals surface area contributed by atoms with Gasteiger partial charge in [0.1, 0.15) is 11.7 Å². The Morgan fingerprint density at radius 1 is 1.45 bits per heavy atom. The zero-order valence-electron chi connectivity index (χ0n) is 10.7. The second kappa shape index (κ2) is 6.31. The summed E-state index contributed by atoms with van der Waals surface area (Å²) in [6, 6.07) is 10.5. The average molecular weight is 331 g/mol. The van der Waals surface area contributed by atoms with Gasteiger partial charge in [-0.15, -0.1) is 0 Å². The van der Waals surface area contributed by atoms with E-state index in [1.165, 1.54) is 13.3 Å². The number of hydrogen-bond donors (Lipinski definition) is 0. The fraction of sp³-hybridized carbons (Fsp3) is 0.133. The molecule has 20 heavy (non-hydrogen) atoms. The largest absolute Gasteiger partial charge is 0.497 e. The molecule has 0 spiro atoms. The second-order valence-electron chi connectivity index (χ2n) is 4.06. The van der Waals surface area contributed by atoms with Gasteiger partial charge in [-0.3, -0.25) is 9.78 Å². The first-order valence-electron chi connectivity index (χ1n) is 5.84. The Kier molecular flexibility index (Phi) is 4.49. The third-order valence-electron chi connectivity index (χ3n) is 2.85. The molecule has 0 aliphatic rings. The Morgan fingerprint density at radius 3 is 2.85 bits per heavy atom. The number of aromatic nitrogens is 1. The fourth-order valence-electron chi connectivity index (χ4n) is 1.81. The van der Waals surface area contributed by atoms with Gasteiger partial charge in [-0.1, -0.05) is 22.0 Å². The van der Waals surface area contributed by atoms with E-state index >= 15 is 0 Å². The number of carbonyl (C=O) groups excluding carboxylic acids is 1. The van der Waals surface area contributed by atoms with Crippen LogP contribution in [0.3, 0.4) is 0 Å². The minimum absolute atomic E-state index is 0.286. The molecule has 0 saturated heterocycles. The van der Waals surface area contributed by atoms with Crippen molar-refractivity contribution in [3.63, 3.8) is 0 Å². The molecule has 0 N–H and O–H groups in total. The predicted molar refractivity (Wildman–Crippen MR) is 77.6 cm³/mol. The maximum absolute atomic E-state index is 12.5. The summed E-state index contributed by atoms with van der Waals surface area (Å²) in [6.45, 7) is 0. The van der Waals surface area contributed by atoms with Gasteiger partial charge in [-0.05, 0) is 29.8 Å². The summed E-state index contributed by atoms with van der Waals surface area (Å²) >= 11 is 3.33. The zero-order valence-corrected chi connectivity index (χ0v) is 12.3. The molecule has 1 unspecified atom stereocenters. The van der Waals surface area contributed by atoms with E-state index < -0.39 is 5.92 Å². The predicted octanol–water partition coefficient (Wildman–Crippen LogP) is 3.34. The van der Waals surface area contributed by atoms with Gasteiger partial charge in [0, 0.05) is 22.4 Å². The van der Waals surface area contributed by atoms with Gasteiger partial charge in [-0.2, -0.15) is 5.26 Å². The van der Waals surface area contributed by atoms with E-state index in [0.717, 1.165) is 0 Å². The first-order chi connectivity index (χ1) is 9.67. The van der Waals surface area contributed by atoms with Crippen LogP contribution >= 0.6 is 15.9 Å². The summed E-state index contributed by atoms with van der Waals surface area (Å²) in [4.78, 5) is 16.5. The molecule has 0 saturated carbocycles. The van der Waals surface area contributed by atoms with Crippen LogP contribution in [0.15, 0.2) is 47.2 Å². The lowest BCUT2D eigenvalue weighted by atomic mass is 9.93. The van der Waals surface area contributed by atoms with Crippen LogP contribution in [0.2, 0.25) is 0 Å². The van der Waals surface area contributed by atoms with Crippen LogP contribution in [0.1, 0.15) is 21.8 Å². The molecule has 100 valence electrons.